The quantitative estimate of drug-likeness (QED) is 0.704. The predicted octanol–water partition coefficient (Wildman–Crippen LogP) is 2.99. The van der Waals surface area contributed by atoms with E-state index in [2.05, 4.69) is 0 Å². The van der Waals surface area contributed by atoms with Crippen molar-refractivity contribution in [1.29, 1.82) is 0 Å². The van der Waals surface area contributed by atoms with Crippen LogP contribution in [0.3, 0.4) is 0 Å². The molecule has 2 atom stereocenters. The van der Waals surface area contributed by atoms with Gasteiger partial charge in [-0.2, -0.15) is 0 Å². The summed E-state index contributed by atoms with van der Waals surface area (Å²) in [5.74, 6) is -2.06. The fourth-order valence-electron chi connectivity index (χ4n) is 3.34. The Hall–Kier alpha value is -3.00. The van der Waals surface area contributed by atoms with E-state index in [9.17, 15) is 23.5 Å². The summed E-state index contributed by atoms with van der Waals surface area (Å²) < 4.78 is 31.0. The van der Waals surface area contributed by atoms with E-state index in [1.54, 1.807) is 0 Å². The number of fused-ring (bicyclic) bond motifs is 3. The number of rotatable bonds is 6. The average molecular weight is 391 g/mol. The van der Waals surface area contributed by atoms with E-state index in [0.717, 1.165) is 22.3 Å². The first kappa shape index (κ1) is 19.8. The van der Waals surface area contributed by atoms with Crippen molar-refractivity contribution in [2.45, 2.75) is 30.9 Å². The van der Waals surface area contributed by atoms with Gasteiger partial charge in [0.1, 0.15) is 6.61 Å². The molecule has 0 unspecified atom stereocenters. The summed E-state index contributed by atoms with van der Waals surface area (Å²) in [6.45, 7) is 0.531. The van der Waals surface area contributed by atoms with Crippen LogP contribution in [0.1, 0.15) is 24.0 Å². The number of benzene rings is 2. The third-order valence-electron chi connectivity index (χ3n) is 4.88. The van der Waals surface area contributed by atoms with Gasteiger partial charge in [-0.3, -0.25) is 0 Å². The highest BCUT2D eigenvalue weighted by molar-refractivity contribution is 5.82. The third kappa shape index (κ3) is 3.55. The Morgan fingerprint density at radius 3 is 2.07 bits per heavy atom. The van der Waals surface area contributed by atoms with Gasteiger partial charge in [-0.15, -0.1) is 0 Å². The molecule has 0 radical (unpaired) electrons. The summed E-state index contributed by atoms with van der Waals surface area (Å²) >= 11 is 0. The van der Waals surface area contributed by atoms with Crippen LogP contribution in [0, 0.1) is 0 Å². The highest BCUT2D eigenvalue weighted by atomic mass is 19.3. The van der Waals surface area contributed by atoms with Crippen LogP contribution in [0.25, 0.3) is 11.1 Å². The zero-order chi connectivity index (χ0) is 20.5. The van der Waals surface area contributed by atoms with Gasteiger partial charge in [-0.05, 0) is 29.2 Å². The first-order chi connectivity index (χ1) is 13.2. The minimum atomic E-state index is -3.37. The highest BCUT2D eigenvalue weighted by Gasteiger charge is 2.46. The van der Waals surface area contributed by atoms with E-state index in [4.69, 9.17) is 9.84 Å². The average Bonchev–Trinajstić information content (AvgIpc) is 2.98. The van der Waals surface area contributed by atoms with Crippen molar-refractivity contribution in [2.24, 2.45) is 0 Å². The van der Waals surface area contributed by atoms with E-state index in [1.807, 2.05) is 53.8 Å². The Kier molecular flexibility index (Phi) is 5.33. The molecule has 1 aliphatic carbocycles. The molecule has 0 aliphatic heterocycles. The fourth-order valence-corrected chi connectivity index (χ4v) is 3.34. The molecular formula is C20H19F2NO5. The maximum Gasteiger partial charge on any atom is 0.407 e. The summed E-state index contributed by atoms with van der Waals surface area (Å²) in [5.41, 5.74) is 0.973. The number of carboxylic acids is 1. The number of alkyl halides is 2. The van der Waals surface area contributed by atoms with Gasteiger partial charge in [0.25, 0.3) is 6.43 Å². The number of aliphatic carboxylic acids is 1. The van der Waals surface area contributed by atoms with E-state index in [-0.39, 0.29) is 12.5 Å². The lowest BCUT2D eigenvalue weighted by Crippen LogP contribution is -2.59. The lowest BCUT2D eigenvalue weighted by molar-refractivity contribution is -0.157. The molecule has 1 amide bonds. The summed E-state index contributed by atoms with van der Waals surface area (Å²) in [6, 6.07) is 13.0. The molecule has 148 valence electrons. The Morgan fingerprint density at radius 2 is 1.61 bits per heavy atom. The van der Waals surface area contributed by atoms with Crippen LogP contribution in [0.2, 0.25) is 0 Å². The van der Waals surface area contributed by atoms with Gasteiger partial charge in [0.15, 0.2) is 11.6 Å². The van der Waals surface area contributed by atoms with E-state index < -0.39 is 30.1 Å². The van der Waals surface area contributed by atoms with Gasteiger partial charge in [0.05, 0.1) is 0 Å². The van der Waals surface area contributed by atoms with Gasteiger partial charge in [-0.1, -0.05) is 48.5 Å². The van der Waals surface area contributed by atoms with Gasteiger partial charge < -0.3 is 20.3 Å². The van der Waals surface area contributed by atoms with Gasteiger partial charge in [-0.25, -0.2) is 18.4 Å². The molecule has 6 nitrogen and oxygen atoms in total. The van der Waals surface area contributed by atoms with Crippen molar-refractivity contribution < 1.29 is 33.3 Å². The first-order valence-corrected chi connectivity index (χ1v) is 8.58. The molecule has 0 saturated heterocycles. The summed E-state index contributed by atoms with van der Waals surface area (Å²) in [7, 11) is 0. The molecule has 0 bridgehead atoms. The number of nitrogens with one attached hydrogen (secondary N) is 1. The number of carboxylic acid groups (broad SMARTS) is 1. The van der Waals surface area contributed by atoms with Crippen molar-refractivity contribution in [3.05, 3.63) is 59.7 Å². The largest absolute Gasteiger partial charge is 0.480 e. The van der Waals surface area contributed by atoms with Crippen LogP contribution in [0.15, 0.2) is 48.5 Å². The van der Waals surface area contributed by atoms with Gasteiger partial charge in [0, 0.05) is 5.92 Å². The van der Waals surface area contributed by atoms with Crippen molar-refractivity contribution in [1.82, 2.24) is 5.32 Å². The summed E-state index contributed by atoms with van der Waals surface area (Å²) in [5, 5.41) is 20.6. The second kappa shape index (κ2) is 7.55. The zero-order valence-corrected chi connectivity index (χ0v) is 14.9. The Bertz CT molecular complexity index is 854. The molecule has 0 aromatic heterocycles. The first-order valence-electron chi connectivity index (χ1n) is 8.58. The molecule has 0 fully saturated rings. The van der Waals surface area contributed by atoms with Crippen LogP contribution < -0.4 is 5.32 Å². The molecule has 3 N–H and O–H groups in total. The Morgan fingerprint density at radius 1 is 1.11 bits per heavy atom. The van der Waals surface area contributed by atoms with E-state index in [0.29, 0.717) is 6.92 Å². The third-order valence-corrected chi connectivity index (χ3v) is 4.88. The number of hydrogen-bond donors (Lipinski definition) is 3. The van der Waals surface area contributed by atoms with Crippen LogP contribution in [-0.4, -0.2) is 47.0 Å². The molecule has 3 rings (SSSR count). The normalized spacial score (nSPS) is 16.0. The fraction of sp³-hybridized carbons (Fsp3) is 0.300. The van der Waals surface area contributed by atoms with Crippen molar-refractivity contribution in [3.8, 4) is 11.1 Å². The molecule has 1 aliphatic rings. The minimum Gasteiger partial charge on any atom is -0.480 e. The summed E-state index contributed by atoms with van der Waals surface area (Å²) in [6.07, 6.45) is -4.57. The molecule has 0 spiro atoms. The number of carbonyl (C=O) groups excluding carboxylic acids is 1. The molecule has 2 aromatic carbocycles. The highest BCUT2D eigenvalue weighted by Crippen LogP contribution is 2.44. The number of alkyl carbamates (subject to hydrolysis) is 1. The van der Waals surface area contributed by atoms with Crippen molar-refractivity contribution in [3.63, 3.8) is 0 Å². The van der Waals surface area contributed by atoms with Crippen molar-refractivity contribution >= 4 is 12.1 Å². The zero-order valence-electron chi connectivity index (χ0n) is 14.9. The second-order valence-electron chi connectivity index (χ2n) is 6.77. The molecular weight excluding hydrogens is 372 g/mol. The smallest absolute Gasteiger partial charge is 0.407 e. The molecule has 8 heteroatoms. The molecule has 0 heterocycles. The number of ether oxygens (including phenoxy) is 1. The predicted molar refractivity (Wildman–Crippen MR) is 96.3 cm³/mol. The van der Waals surface area contributed by atoms with Crippen LogP contribution in [0.5, 0.6) is 0 Å². The van der Waals surface area contributed by atoms with Crippen LogP contribution in [-0.2, 0) is 9.53 Å². The monoisotopic (exact) mass is 391 g/mol. The maximum absolute atomic E-state index is 12.9. The van der Waals surface area contributed by atoms with Gasteiger partial charge in [0.2, 0.25) is 0 Å². The lowest BCUT2D eigenvalue weighted by atomic mass is 9.97. The second-order valence-corrected chi connectivity index (χ2v) is 6.77. The molecule has 2 aromatic rings. The lowest BCUT2D eigenvalue weighted by Gasteiger charge is -2.29. The van der Waals surface area contributed by atoms with Crippen LogP contribution >= 0.6 is 0 Å². The number of hydrogen-bond acceptors (Lipinski definition) is 4. The summed E-state index contributed by atoms with van der Waals surface area (Å²) in [4.78, 5) is 23.3. The molecule has 0 saturated carbocycles. The van der Waals surface area contributed by atoms with Crippen LogP contribution in [0.4, 0.5) is 13.6 Å². The SMILES string of the molecule is C[C@@](O)(C(F)F)[C@H](NC(=O)OCC1c2ccccc2-c2ccccc21)C(=O)O. The van der Waals surface area contributed by atoms with Crippen molar-refractivity contribution in [2.75, 3.05) is 6.61 Å². The standard InChI is InChI=1S/C20H19F2NO5/c1-20(27,18(21)22)16(17(24)25)23-19(26)28-10-15-13-8-4-2-6-11(13)12-7-3-5-9-14(12)15/h2-9,15-16,18,27H,10H2,1H3,(H,23,26)(H,24,25)/t16-,20+/m1/s1. The minimum absolute atomic E-state index is 0.108. The number of halogens is 2. The maximum atomic E-state index is 12.9. The van der Waals surface area contributed by atoms with E-state index >= 15 is 0 Å². The van der Waals surface area contributed by atoms with Gasteiger partial charge >= 0.3 is 12.1 Å². The topological polar surface area (TPSA) is 95.9 Å². The number of carbonyl (C=O) groups is 2. The number of amides is 1. The van der Waals surface area contributed by atoms with E-state index in [1.165, 1.54) is 0 Å². The Balaban J connectivity index is 1.74. The number of aliphatic hydroxyl groups is 1. The Labute approximate surface area is 159 Å². The molecule has 28 heavy (non-hydrogen) atoms.